The van der Waals surface area contributed by atoms with Crippen LogP contribution in [0.15, 0.2) is 30.5 Å². The molecule has 90 valence electrons. The summed E-state index contributed by atoms with van der Waals surface area (Å²) in [5.74, 6) is 1.31. The van der Waals surface area contributed by atoms with Gasteiger partial charge in [-0.3, -0.25) is 0 Å². The largest absolute Gasteiger partial charge is 0.439 e. The molecule has 0 aliphatic rings. The molecule has 0 bridgehead atoms. The van der Waals surface area contributed by atoms with Crippen molar-refractivity contribution in [2.75, 3.05) is 0 Å². The standard InChI is InChI=1S/C15H14N2O/c1-10-6-11(2)12(3)14(7-10)18-15-5-4-13(8-16)9-17-15/h4-7,9H,1-3H3. The molecule has 3 nitrogen and oxygen atoms in total. The van der Waals surface area contributed by atoms with Gasteiger partial charge in [0.05, 0.1) is 5.56 Å². The van der Waals surface area contributed by atoms with Crippen molar-refractivity contribution in [3.8, 4) is 17.7 Å². The van der Waals surface area contributed by atoms with Gasteiger partial charge in [-0.15, -0.1) is 0 Å². The number of nitriles is 1. The van der Waals surface area contributed by atoms with Crippen LogP contribution in [0.25, 0.3) is 0 Å². The SMILES string of the molecule is Cc1cc(C)c(C)c(Oc2ccc(C#N)cn2)c1. The van der Waals surface area contributed by atoms with Crippen LogP contribution < -0.4 is 4.74 Å². The Bertz CT molecular complexity index is 610. The zero-order chi connectivity index (χ0) is 13.1. The van der Waals surface area contributed by atoms with Crippen LogP contribution >= 0.6 is 0 Å². The summed E-state index contributed by atoms with van der Waals surface area (Å²) in [4.78, 5) is 4.10. The molecule has 0 amide bonds. The van der Waals surface area contributed by atoms with Crippen LogP contribution in [0.3, 0.4) is 0 Å². The van der Waals surface area contributed by atoms with Crippen LogP contribution in [0.1, 0.15) is 22.3 Å². The first-order chi connectivity index (χ1) is 8.60. The van der Waals surface area contributed by atoms with Gasteiger partial charge in [-0.25, -0.2) is 4.98 Å². The molecule has 0 atom stereocenters. The Morgan fingerprint density at radius 1 is 1.17 bits per heavy atom. The van der Waals surface area contributed by atoms with Crippen LogP contribution in [-0.2, 0) is 0 Å². The Hall–Kier alpha value is -2.34. The summed E-state index contributed by atoms with van der Waals surface area (Å²) in [5.41, 5.74) is 3.98. The number of pyridine rings is 1. The Morgan fingerprint density at radius 3 is 2.56 bits per heavy atom. The number of hydrogen-bond acceptors (Lipinski definition) is 3. The quantitative estimate of drug-likeness (QED) is 0.801. The second kappa shape index (κ2) is 4.89. The fourth-order valence-electron chi connectivity index (χ4n) is 1.73. The van der Waals surface area contributed by atoms with E-state index in [1.807, 2.05) is 26.0 Å². The summed E-state index contributed by atoms with van der Waals surface area (Å²) in [6.07, 6.45) is 1.51. The normalized spacial score (nSPS) is 9.89. The van der Waals surface area contributed by atoms with Crippen molar-refractivity contribution >= 4 is 0 Å². The van der Waals surface area contributed by atoms with Gasteiger partial charge in [0.1, 0.15) is 11.8 Å². The van der Waals surface area contributed by atoms with Gasteiger partial charge in [-0.1, -0.05) is 6.07 Å². The number of rotatable bonds is 2. The third-order valence-electron chi connectivity index (χ3n) is 2.84. The molecule has 0 saturated carbocycles. The second-order valence-electron chi connectivity index (χ2n) is 4.30. The molecule has 1 aromatic heterocycles. The van der Waals surface area contributed by atoms with Crippen molar-refractivity contribution < 1.29 is 4.74 Å². The van der Waals surface area contributed by atoms with E-state index in [1.165, 1.54) is 11.8 Å². The molecule has 18 heavy (non-hydrogen) atoms. The molecule has 3 heteroatoms. The van der Waals surface area contributed by atoms with Gasteiger partial charge < -0.3 is 4.74 Å². The van der Waals surface area contributed by atoms with Crippen molar-refractivity contribution in [2.45, 2.75) is 20.8 Å². The summed E-state index contributed by atoms with van der Waals surface area (Å²) >= 11 is 0. The molecule has 0 aliphatic heterocycles. The van der Waals surface area contributed by atoms with Crippen molar-refractivity contribution in [3.63, 3.8) is 0 Å². The van der Waals surface area contributed by atoms with Gasteiger partial charge in [-0.2, -0.15) is 5.26 Å². The summed E-state index contributed by atoms with van der Waals surface area (Å²) in [6, 6.07) is 9.54. The molecule has 0 saturated heterocycles. The molecule has 0 fully saturated rings. The molecule has 0 unspecified atom stereocenters. The van der Waals surface area contributed by atoms with Crippen LogP contribution in [0, 0.1) is 32.1 Å². The highest BCUT2D eigenvalue weighted by molar-refractivity contribution is 5.43. The summed E-state index contributed by atoms with van der Waals surface area (Å²) < 4.78 is 5.75. The van der Waals surface area contributed by atoms with Crippen LogP contribution in [0.4, 0.5) is 0 Å². The molecule has 0 radical (unpaired) electrons. The van der Waals surface area contributed by atoms with Crippen LogP contribution in [0.5, 0.6) is 11.6 Å². The number of benzene rings is 1. The minimum atomic E-state index is 0.502. The average Bonchev–Trinajstić information content (AvgIpc) is 2.36. The Balaban J connectivity index is 2.31. The van der Waals surface area contributed by atoms with E-state index in [2.05, 4.69) is 18.0 Å². The Kier molecular flexibility index (Phi) is 3.29. The van der Waals surface area contributed by atoms with Crippen molar-refractivity contribution in [3.05, 3.63) is 52.7 Å². The predicted octanol–water partition coefficient (Wildman–Crippen LogP) is 3.67. The molecule has 0 aliphatic carbocycles. The minimum absolute atomic E-state index is 0.502. The lowest BCUT2D eigenvalue weighted by atomic mass is 10.1. The smallest absolute Gasteiger partial charge is 0.219 e. The average molecular weight is 238 g/mol. The lowest BCUT2D eigenvalue weighted by Crippen LogP contribution is -1.93. The van der Waals surface area contributed by atoms with Crippen molar-refractivity contribution in [1.29, 1.82) is 5.26 Å². The van der Waals surface area contributed by atoms with Crippen molar-refractivity contribution in [1.82, 2.24) is 4.98 Å². The summed E-state index contributed by atoms with van der Waals surface area (Å²) in [6.45, 7) is 6.11. The van der Waals surface area contributed by atoms with Crippen LogP contribution in [-0.4, -0.2) is 4.98 Å². The molecular weight excluding hydrogens is 224 g/mol. The maximum absolute atomic E-state index is 8.70. The van der Waals surface area contributed by atoms with Gasteiger partial charge in [0.15, 0.2) is 0 Å². The van der Waals surface area contributed by atoms with E-state index in [0.717, 1.165) is 16.9 Å². The van der Waals surface area contributed by atoms with Gasteiger partial charge in [0.2, 0.25) is 5.88 Å². The van der Waals surface area contributed by atoms with E-state index in [-0.39, 0.29) is 0 Å². The summed E-state index contributed by atoms with van der Waals surface area (Å²) in [5, 5.41) is 8.70. The van der Waals surface area contributed by atoms with Crippen LogP contribution in [0.2, 0.25) is 0 Å². The van der Waals surface area contributed by atoms with E-state index >= 15 is 0 Å². The maximum Gasteiger partial charge on any atom is 0.219 e. The first kappa shape index (κ1) is 12.1. The molecular formula is C15H14N2O. The zero-order valence-corrected chi connectivity index (χ0v) is 10.7. The Morgan fingerprint density at radius 2 is 1.94 bits per heavy atom. The monoisotopic (exact) mass is 238 g/mol. The van der Waals surface area contributed by atoms with Gasteiger partial charge in [-0.05, 0) is 49.6 Å². The topological polar surface area (TPSA) is 45.9 Å². The number of hydrogen-bond donors (Lipinski definition) is 0. The molecule has 2 aromatic rings. The van der Waals surface area contributed by atoms with Gasteiger partial charge in [0.25, 0.3) is 0 Å². The maximum atomic E-state index is 8.70. The third kappa shape index (κ3) is 2.49. The fraction of sp³-hybridized carbons (Fsp3) is 0.200. The zero-order valence-electron chi connectivity index (χ0n) is 10.7. The molecule has 2 rings (SSSR count). The lowest BCUT2D eigenvalue weighted by molar-refractivity contribution is 0.458. The first-order valence-electron chi connectivity index (χ1n) is 5.72. The molecule has 1 aromatic carbocycles. The van der Waals surface area contributed by atoms with Gasteiger partial charge >= 0.3 is 0 Å². The minimum Gasteiger partial charge on any atom is -0.439 e. The highest BCUT2D eigenvalue weighted by Crippen LogP contribution is 2.27. The number of ether oxygens (including phenoxy) is 1. The molecule has 0 N–H and O–H groups in total. The molecule has 1 heterocycles. The number of nitrogens with zero attached hydrogens (tertiary/aromatic N) is 2. The number of aromatic nitrogens is 1. The van der Waals surface area contributed by atoms with E-state index in [0.29, 0.717) is 11.4 Å². The summed E-state index contributed by atoms with van der Waals surface area (Å²) in [7, 11) is 0. The first-order valence-corrected chi connectivity index (χ1v) is 5.72. The van der Waals surface area contributed by atoms with E-state index in [9.17, 15) is 0 Å². The van der Waals surface area contributed by atoms with E-state index < -0.39 is 0 Å². The Labute approximate surface area is 107 Å². The number of aryl methyl sites for hydroxylation is 2. The van der Waals surface area contributed by atoms with E-state index in [1.54, 1.807) is 12.1 Å². The fourth-order valence-corrected chi connectivity index (χ4v) is 1.73. The third-order valence-corrected chi connectivity index (χ3v) is 2.84. The lowest BCUT2D eigenvalue weighted by Gasteiger charge is -2.11. The highest BCUT2D eigenvalue weighted by Gasteiger charge is 2.06. The van der Waals surface area contributed by atoms with Crippen molar-refractivity contribution in [2.24, 2.45) is 0 Å². The second-order valence-corrected chi connectivity index (χ2v) is 4.30. The molecule has 0 spiro atoms. The van der Waals surface area contributed by atoms with E-state index in [4.69, 9.17) is 10.00 Å². The predicted molar refractivity (Wildman–Crippen MR) is 69.7 cm³/mol. The van der Waals surface area contributed by atoms with Gasteiger partial charge in [0, 0.05) is 12.3 Å². The highest BCUT2D eigenvalue weighted by atomic mass is 16.5.